The first-order valence-electron chi connectivity index (χ1n) is 12.9. The highest BCUT2D eigenvalue weighted by Crippen LogP contribution is 2.32. The summed E-state index contributed by atoms with van der Waals surface area (Å²) in [6, 6.07) is 22.7. The standard InChI is InChI=1S/C32H36N2O4/c1-22-9-6-7-12-27(22)28-14-13-25(18-26(28)20-36-5)31-34-29(21-37-31)24-11-8-10-23(17-24)19-33-16-15-30(35)38-32(2,3)4/h6-14,17-18,21,33H,15-16,19-20H2,1-5H3. The quantitative estimate of drug-likeness (QED) is 0.183. The minimum absolute atomic E-state index is 0.200. The zero-order valence-corrected chi connectivity index (χ0v) is 22.8. The van der Waals surface area contributed by atoms with Crippen LogP contribution >= 0.6 is 0 Å². The summed E-state index contributed by atoms with van der Waals surface area (Å²) < 4.78 is 16.7. The zero-order chi connectivity index (χ0) is 27.1. The molecule has 0 amide bonds. The number of ether oxygens (including phenoxy) is 2. The molecule has 0 unspecified atom stereocenters. The number of aromatic nitrogens is 1. The molecule has 4 aromatic rings. The van der Waals surface area contributed by atoms with E-state index in [1.54, 1.807) is 13.4 Å². The number of rotatable bonds is 10. The minimum Gasteiger partial charge on any atom is -0.460 e. The van der Waals surface area contributed by atoms with Crippen LogP contribution < -0.4 is 5.32 Å². The van der Waals surface area contributed by atoms with Crippen LogP contribution in [0.4, 0.5) is 0 Å². The lowest BCUT2D eigenvalue weighted by Crippen LogP contribution is -2.26. The van der Waals surface area contributed by atoms with Gasteiger partial charge in [-0.15, -0.1) is 0 Å². The lowest BCUT2D eigenvalue weighted by molar-refractivity contribution is -0.154. The number of carbonyl (C=O) groups excluding carboxylic acids is 1. The van der Waals surface area contributed by atoms with E-state index in [1.807, 2.05) is 51.1 Å². The number of nitrogens with zero attached hydrogens (tertiary/aromatic N) is 1. The van der Waals surface area contributed by atoms with Crippen LogP contribution in [0.15, 0.2) is 77.4 Å². The third-order valence-corrected chi connectivity index (χ3v) is 6.07. The molecule has 0 saturated carbocycles. The van der Waals surface area contributed by atoms with Crippen molar-refractivity contribution < 1.29 is 18.7 Å². The number of nitrogens with one attached hydrogen (secondary N) is 1. The second kappa shape index (κ2) is 12.2. The zero-order valence-electron chi connectivity index (χ0n) is 22.8. The van der Waals surface area contributed by atoms with Crippen molar-refractivity contribution in [2.24, 2.45) is 0 Å². The van der Waals surface area contributed by atoms with Gasteiger partial charge in [-0.05, 0) is 73.7 Å². The molecule has 0 aliphatic rings. The van der Waals surface area contributed by atoms with Crippen LogP contribution in [0.1, 0.15) is 43.9 Å². The summed E-state index contributed by atoms with van der Waals surface area (Å²) in [6.07, 6.45) is 2.02. The molecule has 0 saturated heterocycles. The van der Waals surface area contributed by atoms with Crippen LogP contribution in [0.3, 0.4) is 0 Å². The molecule has 6 nitrogen and oxygen atoms in total. The van der Waals surface area contributed by atoms with E-state index in [9.17, 15) is 4.79 Å². The molecule has 0 atom stereocenters. The number of carbonyl (C=O) groups is 1. The van der Waals surface area contributed by atoms with Crippen molar-refractivity contribution in [1.82, 2.24) is 10.3 Å². The lowest BCUT2D eigenvalue weighted by Gasteiger charge is -2.19. The van der Waals surface area contributed by atoms with Gasteiger partial charge >= 0.3 is 5.97 Å². The first-order chi connectivity index (χ1) is 18.2. The molecule has 0 aliphatic heterocycles. The van der Waals surface area contributed by atoms with Gasteiger partial charge in [-0.3, -0.25) is 4.79 Å². The van der Waals surface area contributed by atoms with E-state index in [0.29, 0.717) is 32.0 Å². The van der Waals surface area contributed by atoms with Crippen molar-refractivity contribution >= 4 is 5.97 Å². The van der Waals surface area contributed by atoms with E-state index >= 15 is 0 Å². The van der Waals surface area contributed by atoms with Crippen molar-refractivity contribution in [3.05, 3.63) is 89.7 Å². The topological polar surface area (TPSA) is 73.6 Å². The molecule has 1 aromatic heterocycles. The maximum atomic E-state index is 11.9. The van der Waals surface area contributed by atoms with Crippen LogP contribution in [0, 0.1) is 6.92 Å². The van der Waals surface area contributed by atoms with Gasteiger partial charge in [0.05, 0.1) is 13.0 Å². The van der Waals surface area contributed by atoms with Crippen LogP contribution in [-0.2, 0) is 27.4 Å². The molecule has 1 N–H and O–H groups in total. The highest BCUT2D eigenvalue weighted by molar-refractivity contribution is 5.74. The number of hydrogen-bond acceptors (Lipinski definition) is 6. The van der Waals surface area contributed by atoms with Gasteiger partial charge in [-0.25, -0.2) is 4.98 Å². The molecular weight excluding hydrogens is 476 g/mol. The smallest absolute Gasteiger partial charge is 0.307 e. The molecule has 198 valence electrons. The van der Waals surface area contributed by atoms with Crippen LogP contribution in [-0.4, -0.2) is 30.2 Å². The van der Waals surface area contributed by atoms with Gasteiger partial charge in [-0.2, -0.15) is 0 Å². The SMILES string of the molecule is COCc1cc(-c2nc(-c3cccc(CNCCC(=O)OC(C)(C)C)c3)co2)ccc1-c1ccccc1C. The molecule has 1 heterocycles. The van der Waals surface area contributed by atoms with Gasteiger partial charge in [0.2, 0.25) is 5.89 Å². The first kappa shape index (κ1) is 27.3. The highest BCUT2D eigenvalue weighted by Gasteiger charge is 2.16. The average molecular weight is 513 g/mol. The molecule has 0 radical (unpaired) electrons. The highest BCUT2D eigenvalue weighted by atomic mass is 16.6. The Morgan fingerprint density at radius 2 is 1.79 bits per heavy atom. The second-order valence-corrected chi connectivity index (χ2v) is 10.4. The third-order valence-electron chi connectivity index (χ3n) is 6.07. The largest absolute Gasteiger partial charge is 0.460 e. The van der Waals surface area contributed by atoms with Crippen LogP contribution in [0.25, 0.3) is 33.8 Å². The Kier molecular flexibility index (Phi) is 8.77. The Bertz CT molecular complexity index is 1380. The Labute approximate surface area is 225 Å². The number of oxazole rings is 1. The molecule has 0 aliphatic carbocycles. The summed E-state index contributed by atoms with van der Waals surface area (Å²) in [5.74, 6) is 0.365. The average Bonchev–Trinajstić information content (AvgIpc) is 3.37. The molecule has 0 fully saturated rings. The number of aryl methyl sites for hydroxylation is 1. The van der Waals surface area contributed by atoms with Crippen molar-refractivity contribution in [2.75, 3.05) is 13.7 Å². The molecule has 6 heteroatoms. The fourth-order valence-electron chi connectivity index (χ4n) is 4.33. The van der Waals surface area contributed by atoms with Gasteiger partial charge < -0.3 is 19.2 Å². The van der Waals surface area contributed by atoms with E-state index in [1.165, 1.54) is 11.1 Å². The normalized spacial score (nSPS) is 11.5. The molecule has 38 heavy (non-hydrogen) atoms. The third kappa shape index (κ3) is 7.18. The Morgan fingerprint density at radius 1 is 0.974 bits per heavy atom. The van der Waals surface area contributed by atoms with Crippen molar-refractivity contribution in [3.63, 3.8) is 0 Å². The molecule has 3 aromatic carbocycles. The molecule has 0 bridgehead atoms. The molecule has 0 spiro atoms. The second-order valence-electron chi connectivity index (χ2n) is 10.4. The summed E-state index contributed by atoms with van der Waals surface area (Å²) in [5.41, 5.74) is 7.92. The Morgan fingerprint density at radius 3 is 2.55 bits per heavy atom. The predicted molar refractivity (Wildman–Crippen MR) is 150 cm³/mol. The summed E-state index contributed by atoms with van der Waals surface area (Å²) >= 11 is 0. The van der Waals surface area contributed by atoms with E-state index in [-0.39, 0.29) is 5.97 Å². The van der Waals surface area contributed by atoms with Crippen molar-refractivity contribution in [1.29, 1.82) is 0 Å². The monoisotopic (exact) mass is 512 g/mol. The summed E-state index contributed by atoms with van der Waals surface area (Å²) in [5, 5.41) is 3.31. The summed E-state index contributed by atoms with van der Waals surface area (Å²) in [7, 11) is 1.71. The predicted octanol–water partition coefficient (Wildman–Crippen LogP) is 6.95. The van der Waals surface area contributed by atoms with Gasteiger partial charge in [0, 0.05) is 31.3 Å². The van der Waals surface area contributed by atoms with Gasteiger partial charge in [0.25, 0.3) is 0 Å². The maximum absolute atomic E-state index is 11.9. The first-order valence-corrected chi connectivity index (χ1v) is 12.9. The van der Waals surface area contributed by atoms with Crippen molar-refractivity contribution in [3.8, 4) is 33.8 Å². The van der Waals surface area contributed by atoms with Crippen LogP contribution in [0.2, 0.25) is 0 Å². The molecule has 4 rings (SSSR count). The van der Waals surface area contributed by atoms with Crippen LogP contribution in [0.5, 0.6) is 0 Å². The minimum atomic E-state index is -0.462. The van der Waals surface area contributed by atoms with E-state index in [2.05, 4.69) is 48.6 Å². The van der Waals surface area contributed by atoms with E-state index in [0.717, 1.165) is 33.5 Å². The number of hydrogen-bond donors (Lipinski definition) is 1. The summed E-state index contributed by atoms with van der Waals surface area (Å²) in [6.45, 7) is 9.42. The lowest BCUT2D eigenvalue weighted by atomic mass is 9.94. The number of benzene rings is 3. The fourth-order valence-corrected chi connectivity index (χ4v) is 4.33. The maximum Gasteiger partial charge on any atom is 0.307 e. The summed E-state index contributed by atoms with van der Waals surface area (Å²) in [4.78, 5) is 16.7. The van der Waals surface area contributed by atoms with Gasteiger partial charge in [0.1, 0.15) is 17.6 Å². The van der Waals surface area contributed by atoms with E-state index < -0.39 is 5.60 Å². The van der Waals surface area contributed by atoms with Gasteiger partial charge in [-0.1, -0.05) is 48.5 Å². The van der Waals surface area contributed by atoms with Crippen molar-refractivity contribution in [2.45, 2.75) is 52.9 Å². The fraction of sp³-hybridized carbons (Fsp3) is 0.312. The number of methoxy groups -OCH3 is 1. The number of esters is 1. The Balaban J connectivity index is 1.45. The Hall–Kier alpha value is -3.74. The van der Waals surface area contributed by atoms with Gasteiger partial charge in [0.15, 0.2) is 0 Å². The molecular formula is C32H36N2O4. The van der Waals surface area contributed by atoms with E-state index in [4.69, 9.17) is 18.9 Å².